The van der Waals surface area contributed by atoms with Crippen molar-refractivity contribution >= 4 is 21.7 Å². The molecule has 2 unspecified atom stereocenters. The van der Waals surface area contributed by atoms with Gasteiger partial charge in [0.05, 0.1) is 48.4 Å². The quantitative estimate of drug-likeness (QED) is 0.242. The van der Waals surface area contributed by atoms with Crippen LogP contribution in [0.25, 0.3) is 0 Å². The maximum atomic E-state index is 13.8. The number of ether oxygens (including phenoxy) is 1. The molecule has 3 atom stereocenters. The monoisotopic (exact) mass is 635 g/mol. The number of hydrogen-bond donors (Lipinski definition) is 3. The standard InChI is InChI=1S/C30H35F2N3O8S/c31-30(32,39)24-9-5-4-8-22(24)19-44(40,41)20-23(18-26(36)35-13-16-42-17-14-35)28(38)34-25(27(37)29-33-12-15-43-29)11-10-21-6-2-1-3-7-21/h1-9,12,15,23,25,27,37,39H,10-11,13-14,16-20H2,(H,34,38)/t23?,25-,27?/m0/s1. The fraction of sp³-hybridized carbons (Fsp3) is 0.433. The van der Waals surface area contributed by atoms with Crippen LogP contribution in [-0.2, 0) is 42.4 Å². The predicted octanol–water partition coefficient (Wildman–Crippen LogP) is 2.35. The van der Waals surface area contributed by atoms with Gasteiger partial charge in [-0.3, -0.25) is 9.59 Å². The molecule has 0 spiro atoms. The molecular formula is C30H35F2N3O8S. The largest absolute Gasteiger partial charge is 0.446 e. The van der Waals surface area contributed by atoms with Crippen LogP contribution in [0.1, 0.15) is 41.5 Å². The van der Waals surface area contributed by atoms with Crippen LogP contribution in [0.4, 0.5) is 8.78 Å². The maximum absolute atomic E-state index is 13.8. The zero-order valence-corrected chi connectivity index (χ0v) is 24.7. The van der Waals surface area contributed by atoms with Crippen molar-refractivity contribution in [3.8, 4) is 0 Å². The summed E-state index contributed by atoms with van der Waals surface area (Å²) in [6, 6.07) is 13.0. The van der Waals surface area contributed by atoms with Crippen molar-refractivity contribution in [3.63, 3.8) is 0 Å². The number of carbonyl (C=O) groups excluding carboxylic acids is 2. The predicted molar refractivity (Wildman–Crippen MR) is 154 cm³/mol. The highest BCUT2D eigenvalue weighted by Crippen LogP contribution is 2.29. The number of aliphatic hydroxyl groups excluding tert-OH is 1. The van der Waals surface area contributed by atoms with E-state index in [9.17, 15) is 37.0 Å². The molecule has 4 rings (SSSR count). The summed E-state index contributed by atoms with van der Waals surface area (Å²) in [5.74, 6) is -4.52. The molecule has 3 aromatic rings. The lowest BCUT2D eigenvalue weighted by Gasteiger charge is -2.29. The number of morpholine rings is 1. The van der Waals surface area contributed by atoms with Gasteiger partial charge in [-0.2, -0.15) is 8.78 Å². The molecule has 11 nitrogen and oxygen atoms in total. The number of carbonyl (C=O) groups is 2. The molecule has 1 saturated heterocycles. The zero-order chi connectivity index (χ0) is 31.7. The number of rotatable bonds is 14. The molecule has 2 amide bonds. The van der Waals surface area contributed by atoms with Crippen LogP contribution >= 0.6 is 0 Å². The number of aryl methyl sites for hydroxylation is 1. The lowest BCUT2D eigenvalue weighted by Crippen LogP contribution is -2.47. The van der Waals surface area contributed by atoms with Gasteiger partial charge in [0, 0.05) is 19.5 Å². The Bertz CT molecular complexity index is 1480. The van der Waals surface area contributed by atoms with E-state index in [1.807, 2.05) is 30.3 Å². The van der Waals surface area contributed by atoms with E-state index >= 15 is 0 Å². The maximum Gasteiger partial charge on any atom is 0.381 e. The molecule has 0 bridgehead atoms. The highest BCUT2D eigenvalue weighted by molar-refractivity contribution is 7.90. The molecule has 1 aliphatic heterocycles. The van der Waals surface area contributed by atoms with Crippen LogP contribution in [0.3, 0.4) is 0 Å². The summed E-state index contributed by atoms with van der Waals surface area (Å²) in [4.78, 5) is 32.3. The first-order chi connectivity index (χ1) is 20.9. The first-order valence-corrected chi connectivity index (χ1v) is 15.9. The Morgan fingerprint density at radius 3 is 2.41 bits per heavy atom. The van der Waals surface area contributed by atoms with E-state index in [-0.39, 0.29) is 44.2 Å². The van der Waals surface area contributed by atoms with Gasteiger partial charge in [0.15, 0.2) is 15.9 Å². The average Bonchev–Trinajstić information content (AvgIpc) is 3.54. The van der Waals surface area contributed by atoms with Crippen LogP contribution < -0.4 is 5.32 Å². The van der Waals surface area contributed by atoms with E-state index in [0.717, 1.165) is 17.7 Å². The summed E-state index contributed by atoms with van der Waals surface area (Å²) >= 11 is 0. The van der Waals surface area contributed by atoms with Crippen LogP contribution in [0.2, 0.25) is 0 Å². The molecule has 0 saturated carbocycles. The Hall–Kier alpha value is -3.72. The van der Waals surface area contributed by atoms with Crippen molar-refractivity contribution in [2.45, 2.75) is 43.3 Å². The number of benzene rings is 2. The Balaban J connectivity index is 1.57. The minimum atomic E-state index is -4.29. The molecule has 3 N–H and O–H groups in total. The number of hydrogen-bond acceptors (Lipinski definition) is 9. The fourth-order valence-electron chi connectivity index (χ4n) is 5.05. The van der Waals surface area contributed by atoms with Crippen LogP contribution in [-0.4, -0.2) is 78.4 Å². The lowest BCUT2D eigenvalue weighted by molar-refractivity contribution is -0.209. The summed E-state index contributed by atoms with van der Waals surface area (Å²) < 4.78 is 64.8. The third-order valence-corrected chi connectivity index (χ3v) is 8.99. The molecule has 1 aromatic heterocycles. The van der Waals surface area contributed by atoms with E-state index in [4.69, 9.17) is 9.15 Å². The van der Waals surface area contributed by atoms with Crippen molar-refractivity contribution in [1.82, 2.24) is 15.2 Å². The van der Waals surface area contributed by atoms with Gasteiger partial charge in [-0.25, -0.2) is 13.4 Å². The molecule has 238 valence electrons. The summed E-state index contributed by atoms with van der Waals surface area (Å²) in [7, 11) is -4.29. The van der Waals surface area contributed by atoms with Crippen LogP contribution in [0.15, 0.2) is 71.5 Å². The SMILES string of the molecule is O=C(N[C@@H](CCc1ccccc1)C(O)c1ncco1)C(CC(=O)N1CCOCC1)CS(=O)(=O)Cc1ccccc1C(O)(F)F. The number of aromatic nitrogens is 1. The molecule has 1 fully saturated rings. The second-order valence-electron chi connectivity index (χ2n) is 10.6. The summed E-state index contributed by atoms with van der Waals surface area (Å²) in [5.41, 5.74) is -0.282. The van der Waals surface area contributed by atoms with Gasteiger partial charge in [0.2, 0.25) is 17.7 Å². The second-order valence-corrected chi connectivity index (χ2v) is 12.7. The number of sulfone groups is 1. The summed E-state index contributed by atoms with van der Waals surface area (Å²) in [6.45, 7) is 1.11. The molecule has 2 aromatic carbocycles. The molecule has 0 radical (unpaired) electrons. The molecule has 44 heavy (non-hydrogen) atoms. The lowest BCUT2D eigenvalue weighted by atomic mass is 9.99. The van der Waals surface area contributed by atoms with E-state index < -0.39 is 69.3 Å². The van der Waals surface area contributed by atoms with Crippen molar-refractivity contribution in [3.05, 3.63) is 89.6 Å². The third kappa shape index (κ3) is 9.39. The summed E-state index contributed by atoms with van der Waals surface area (Å²) in [5, 5.41) is 23.0. The topological polar surface area (TPSA) is 159 Å². The van der Waals surface area contributed by atoms with Gasteiger partial charge in [0.1, 0.15) is 6.26 Å². The number of nitrogens with zero attached hydrogens (tertiary/aromatic N) is 2. The van der Waals surface area contributed by atoms with Crippen molar-refractivity contribution < 1.29 is 46.2 Å². The number of aliphatic hydroxyl groups is 2. The van der Waals surface area contributed by atoms with Gasteiger partial charge in [-0.15, -0.1) is 0 Å². The smallest absolute Gasteiger partial charge is 0.381 e. The number of nitrogens with one attached hydrogen (secondary N) is 1. The van der Waals surface area contributed by atoms with E-state index in [0.29, 0.717) is 6.42 Å². The Morgan fingerprint density at radius 2 is 1.75 bits per heavy atom. The Kier molecular flexibility index (Phi) is 11.2. The highest BCUT2D eigenvalue weighted by atomic mass is 32.2. The van der Waals surface area contributed by atoms with Crippen molar-refractivity contribution in [2.24, 2.45) is 5.92 Å². The second kappa shape index (κ2) is 14.8. The zero-order valence-electron chi connectivity index (χ0n) is 23.8. The minimum Gasteiger partial charge on any atom is -0.446 e. The fourth-order valence-corrected chi connectivity index (χ4v) is 6.78. The third-order valence-electron chi connectivity index (χ3n) is 7.33. The van der Waals surface area contributed by atoms with Gasteiger partial charge in [-0.1, -0.05) is 54.6 Å². The first kappa shape index (κ1) is 33.2. The summed E-state index contributed by atoms with van der Waals surface area (Å²) in [6.07, 6.45) is -2.90. The molecule has 0 aliphatic carbocycles. The van der Waals surface area contributed by atoms with E-state index in [1.165, 1.54) is 29.5 Å². The van der Waals surface area contributed by atoms with E-state index in [1.54, 1.807) is 0 Å². The van der Waals surface area contributed by atoms with Gasteiger partial charge < -0.3 is 29.6 Å². The minimum absolute atomic E-state index is 0.0570. The number of amides is 2. The number of halogens is 2. The molecule has 1 aliphatic rings. The van der Waals surface area contributed by atoms with Crippen LogP contribution in [0, 0.1) is 5.92 Å². The highest BCUT2D eigenvalue weighted by Gasteiger charge is 2.36. The van der Waals surface area contributed by atoms with Crippen molar-refractivity contribution in [1.29, 1.82) is 0 Å². The van der Waals surface area contributed by atoms with Crippen LogP contribution in [0.5, 0.6) is 0 Å². The van der Waals surface area contributed by atoms with Crippen molar-refractivity contribution in [2.75, 3.05) is 32.1 Å². The molecular weight excluding hydrogens is 600 g/mol. The average molecular weight is 636 g/mol. The Labute approximate surface area is 253 Å². The molecule has 14 heteroatoms. The van der Waals surface area contributed by atoms with Gasteiger partial charge >= 0.3 is 6.11 Å². The normalized spacial score (nSPS) is 16.2. The van der Waals surface area contributed by atoms with Gasteiger partial charge in [-0.05, 0) is 24.0 Å². The first-order valence-electron chi connectivity index (χ1n) is 14.1. The number of alkyl halides is 2. The Morgan fingerprint density at radius 1 is 1.07 bits per heavy atom. The van der Waals surface area contributed by atoms with E-state index in [2.05, 4.69) is 10.3 Å². The molecule has 2 heterocycles. The van der Waals surface area contributed by atoms with Gasteiger partial charge in [0.25, 0.3) is 0 Å². The number of oxazole rings is 1.